The highest BCUT2D eigenvalue weighted by molar-refractivity contribution is 6.06. The number of hydrogen-bond acceptors (Lipinski definition) is 6. The van der Waals surface area contributed by atoms with Crippen molar-refractivity contribution >= 4 is 29.4 Å². The third-order valence-electron chi connectivity index (χ3n) is 7.53. The lowest BCUT2D eigenvalue weighted by atomic mass is 10.1. The number of nitrogens with one attached hydrogen (secondary N) is 3. The van der Waals surface area contributed by atoms with E-state index in [4.69, 9.17) is 9.47 Å². The average molecular weight is 648 g/mol. The number of hydrogen-bond donors (Lipinski definition) is 3. The number of amides is 4. The molecule has 47 heavy (non-hydrogen) atoms. The maximum Gasteiger partial charge on any atom is 0.412 e. The molecule has 252 valence electrons. The first-order chi connectivity index (χ1) is 22.6. The molecule has 0 spiro atoms. The van der Waals surface area contributed by atoms with Crippen LogP contribution in [-0.2, 0) is 16.0 Å². The highest BCUT2D eigenvalue weighted by atomic mass is 19.1. The van der Waals surface area contributed by atoms with Crippen molar-refractivity contribution < 1.29 is 28.2 Å². The number of benzene rings is 2. The quantitative estimate of drug-likeness (QED) is 0.238. The van der Waals surface area contributed by atoms with Gasteiger partial charge in [0.25, 0.3) is 5.91 Å². The Kier molecular flexibility index (Phi) is 13.1. The molecule has 3 N–H and O–H groups in total. The molecule has 2 aromatic rings. The molecule has 10 nitrogen and oxygen atoms in total. The standard InChI is InChI=1S/C36H46FN5O5/c1-36(2,3)47-35(45)40-32-13-8-7-12-31(32)39-33(43)29-16-14-27(15-17-29)26-42(21-9-20-41-22-24-46-25-23-41)34(44)38-19-18-28-10-5-4-6-11-30(28)37/h5-8,10-17H,4,9,18-26H2,1-3H3,(H,38,44)(H,39,43)(H,40,45). The van der Waals surface area contributed by atoms with Crippen molar-refractivity contribution in [2.24, 2.45) is 0 Å². The van der Waals surface area contributed by atoms with Gasteiger partial charge in [0.2, 0.25) is 0 Å². The third kappa shape index (κ3) is 12.0. The largest absolute Gasteiger partial charge is 0.444 e. The van der Waals surface area contributed by atoms with Gasteiger partial charge in [-0.2, -0.15) is 0 Å². The Balaban J connectivity index is 1.37. The Bertz CT molecular complexity index is 1460. The molecule has 1 saturated heterocycles. The number of carbonyl (C=O) groups excluding carboxylic acids is 3. The van der Waals surface area contributed by atoms with Gasteiger partial charge in [0.05, 0.1) is 24.6 Å². The molecular weight excluding hydrogens is 601 g/mol. The summed E-state index contributed by atoms with van der Waals surface area (Å²) in [7, 11) is 0. The minimum Gasteiger partial charge on any atom is -0.444 e. The summed E-state index contributed by atoms with van der Waals surface area (Å²) in [5.74, 6) is -0.624. The van der Waals surface area contributed by atoms with Gasteiger partial charge in [-0.25, -0.2) is 14.0 Å². The van der Waals surface area contributed by atoms with Crippen molar-refractivity contribution in [2.75, 3.05) is 56.6 Å². The second-order valence-corrected chi connectivity index (χ2v) is 12.4. The molecule has 1 aliphatic heterocycles. The van der Waals surface area contributed by atoms with E-state index in [1.54, 1.807) is 74.2 Å². The number of rotatable bonds is 12. The molecule has 0 unspecified atom stereocenters. The number of morpholine rings is 1. The molecule has 0 saturated carbocycles. The molecule has 0 aromatic heterocycles. The second kappa shape index (κ2) is 17.4. The lowest BCUT2D eigenvalue weighted by Gasteiger charge is -2.28. The predicted octanol–water partition coefficient (Wildman–Crippen LogP) is 6.65. The first-order valence-corrected chi connectivity index (χ1v) is 16.1. The smallest absolute Gasteiger partial charge is 0.412 e. The summed E-state index contributed by atoms with van der Waals surface area (Å²) in [6, 6.07) is 13.7. The Morgan fingerprint density at radius 3 is 2.34 bits per heavy atom. The molecule has 1 fully saturated rings. The van der Waals surface area contributed by atoms with E-state index in [1.165, 1.54) is 6.08 Å². The van der Waals surface area contributed by atoms with E-state index < -0.39 is 11.7 Å². The molecular formula is C36H46FN5O5. The Hall–Kier alpha value is -4.48. The van der Waals surface area contributed by atoms with Crippen LogP contribution in [0.5, 0.6) is 0 Å². The summed E-state index contributed by atoms with van der Waals surface area (Å²) in [5.41, 5.74) is 2.03. The van der Waals surface area contributed by atoms with E-state index in [2.05, 4.69) is 20.9 Å². The molecule has 4 rings (SSSR count). The lowest BCUT2D eigenvalue weighted by molar-refractivity contribution is 0.0364. The van der Waals surface area contributed by atoms with Gasteiger partial charge in [-0.3, -0.25) is 15.0 Å². The molecule has 2 aliphatic rings. The summed E-state index contributed by atoms with van der Waals surface area (Å²) in [5, 5.41) is 8.50. The lowest BCUT2D eigenvalue weighted by Crippen LogP contribution is -2.42. The van der Waals surface area contributed by atoms with Gasteiger partial charge in [0.15, 0.2) is 0 Å². The molecule has 1 heterocycles. The second-order valence-electron chi connectivity index (χ2n) is 12.4. The van der Waals surface area contributed by atoms with Crippen LogP contribution in [0.15, 0.2) is 84.2 Å². The minimum atomic E-state index is -0.663. The Labute approximate surface area is 276 Å². The van der Waals surface area contributed by atoms with E-state index in [0.29, 0.717) is 68.2 Å². The summed E-state index contributed by atoms with van der Waals surface area (Å²) in [6.45, 7) is 10.5. The van der Waals surface area contributed by atoms with Crippen molar-refractivity contribution in [3.8, 4) is 0 Å². The molecule has 11 heteroatoms. The van der Waals surface area contributed by atoms with Crippen molar-refractivity contribution in [3.63, 3.8) is 0 Å². The van der Waals surface area contributed by atoms with Gasteiger partial charge >= 0.3 is 12.1 Å². The number of anilines is 2. The normalized spacial score (nSPS) is 15.1. The molecule has 4 amide bonds. The third-order valence-corrected chi connectivity index (χ3v) is 7.53. The van der Waals surface area contributed by atoms with Gasteiger partial charge in [0.1, 0.15) is 11.4 Å². The fourth-order valence-corrected chi connectivity index (χ4v) is 5.12. The molecule has 1 aliphatic carbocycles. The molecule has 0 bridgehead atoms. The zero-order chi connectivity index (χ0) is 33.6. The van der Waals surface area contributed by atoms with Crippen LogP contribution in [0.4, 0.5) is 25.4 Å². The number of nitrogens with zero attached hydrogens (tertiary/aromatic N) is 2. The molecule has 0 atom stereocenters. The monoisotopic (exact) mass is 647 g/mol. The van der Waals surface area contributed by atoms with Gasteiger partial charge in [-0.1, -0.05) is 42.5 Å². The summed E-state index contributed by atoms with van der Waals surface area (Å²) in [4.78, 5) is 42.8. The summed E-state index contributed by atoms with van der Waals surface area (Å²) in [6.07, 6.45) is 8.16. The van der Waals surface area contributed by atoms with E-state index in [9.17, 15) is 18.8 Å². The van der Waals surface area contributed by atoms with Crippen LogP contribution in [-0.4, -0.2) is 79.4 Å². The molecule has 2 aromatic carbocycles. The zero-order valence-electron chi connectivity index (χ0n) is 27.5. The number of urea groups is 1. The van der Waals surface area contributed by atoms with Crippen LogP contribution in [0, 0.1) is 0 Å². The summed E-state index contributed by atoms with van der Waals surface area (Å²) < 4.78 is 25.1. The maximum atomic E-state index is 14.3. The first kappa shape index (κ1) is 35.4. The zero-order valence-corrected chi connectivity index (χ0v) is 27.5. The van der Waals surface area contributed by atoms with Crippen LogP contribution < -0.4 is 16.0 Å². The van der Waals surface area contributed by atoms with Crippen molar-refractivity contribution in [1.82, 2.24) is 15.1 Å². The van der Waals surface area contributed by atoms with Gasteiger partial charge in [0, 0.05) is 44.8 Å². The number of ether oxygens (including phenoxy) is 2. The molecule has 0 radical (unpaired) electrons. The SMILES string of the molecule is CC(C)(C)OC(=O)Nc1ccccc1NC(=O)c1ccc(CN(CCCN2CCOCC2)C(=O)NCCC2=C(F)C=CCC=C2)cc1. The fourth-order valence-electron chi connectivity index (χ4n) is 5.12. The van der Waals surface area contributed by atoms with Crippen LogP contribution >= 0.6 is 0 Å². The number of carbonyl (C=O) groups is 3. The highest BCUT2D eigenvalue weighted by Crippen LogP contribution is 2.23. The van der Waals surface area contributed by atoms with Crippen LogP contribution in [0.1, 0.15) is 56.0 Å². The van der Waals surface area contributed by atoms with Gasteiger partial charge in [-0.05, 0) is 81.5 Å². The van der Waals surface area contributed by atoms with E-state index in [-0.39, 0.29) is 17.8 Å². The van der Waals surface area contributed by atoms with E-state index in [1.807, 2.05) is 18.2 Å². The van der Waals surface area contributed by atoms with Crippen LogP contribution in [0.3, 0.4) is 0 Å². The minimum absolute atomic E-state index is 0.225. The Morgan fingerprint density at radius 1 is 0.957 bits per heavy atom. The predicted molar refractivity (Wildman–Crippen MR) is 182 cm³/mol. The van der Waals surface area contributed by atoms with Crippen molar-refractivity contribution in [2.45, 2.75) is 52.2 Å². The number of para-hydroxylation sites is 2. The Morgan fingerprint density at radius 2 is 1.64 bits per heavy atom. The van der Waals surface area contributed by atoms with E-state index in [0.717, 1.165) is 31.6 Å². The van der Waals surface area contributed by atoms with Crippen LogP contribution in [0.2, 0.25) is 0 Å². The fraction of sp³-hybridized carbons (Fsp3) is 0.417. The average Bonchev–Trinajstić information content (AvgIpc) is 3.25. The number of allylic oxidation sites excluding steroid dienone is 5. The van der Waals surface area contributed by atoms with Gasteiger partial charge < -0.3 is 25.0 Å². The van der Waals surface area contributed by atoms with Crippen molar-refractivity contribution in [1.29, 1.82) is 0 Å². The highest BCUT2D eigenvalue weighted by Gasteiger charge is 2.19. The summed E-state index contributed by atoms with van der Waals surface area (Å²) >= 11 is 0. The first-order valence-electron chi connectivity index (χ1n) is 16.1. The van der Waals surface area contributed by atoms with Crippen molar-refractivity contribution in [3.05, 3.63) is 95.4 Å². The van der Waals surface area contributed by atoms with Gasteiger partial charge in [-0.15, -0.1) is 0 Å². The topological polar surface area (TPSA) is 112 Å². The van der Waals surface area contributed by atoms with E-state index >= 15 is 0 Å². The van der Waals surface area contributed by atoms with Crippen LogP contribution in [0.25, 0.3) is 0 Å². The number of halogens is 1. The maximum absolute atomic E-state index is 14.3.